The highest BCUT2D eigenvalue weighted by molar-refractivity contribution is 5.91. The summed E-state index contributed by atoms with van der Waals surface area (Å²) in [5.74, 6) is 0. The molecule has 0 saturated carbocycles. The van der Waals surface area contributed by atoms with Gasteiger partial charge in [0.2, 0.25) is 0 Å². The molecule has 0 radical (unpaired) electrons. The highest BCUT2D eigenvalue weighted by Crippen LogP contribution is 2.29. The molecule has 2 aromatic carbocycles. The van der Waals surface area contributed by atoms with Crippen LogP contribution < -0.4 is 5.32 Å². The number of likely N-dealkylation sites (tertiary alicyclic amines) is 1. The Morgan fingerprint density at radius 2 is 1.81 bits per heavy atom. The summed E-state index contributed by atoms with van der Waals surface area (Å²) in [4.78, 5) is 12.5. The molecule has 2 N–H and O–H groups in total. The van der Waals surface area contributed by atoms with Gasteiger partial charge >= 0.3 is 6.09 Å². The van der Waals surface area contributed by atoms with Gasteiger partial charge in [-0.3, -0.25) is 5.32 Å². The van der Waals surface area contributed by atoms with Crippen LogP contribution in [0.2, 0.25) is 0 Å². The van der Waals surface area contributed by atoms with Gasteiger partial charge in [-0.15, -0.1) is 0 Å². The Morgan fingerprint density at radius 3 is 2.52 bits per heavy atom. The molecule has 1 fully saturated rings. The zero-order chi connectivity index (χ0) is 19.4. The number of benzene rings is 2. The van der Waals surface area contributed by atoms with Crippen molar-refractivity contribution in [3.8, 4) is 11.1 Å². The van der Waals surface area contributed by atoms with Crippen molar-refractivity contribution in [2.45, 2.75) is 38.0 Å². The van der Waals surface area contributed by atoms with Crippen LogP contribution in [-0.4, -0.2) is 54.6 Å². The lowest BCUT2D eigenvalue weighted by atomic mass is 9.94. The molecule has 1 aliphatic heterocycles. The number of hydrogen-bond acceptors (Lipinski definition) is 3. The Bertz CT molecular complexity index is 774. The molecule has 3 rings (SSSR count). The van der Waals surface area contributed by atoms with E-state index in [0.29, 0.717) is 6.42 Å². The van der Waals surface area contributed by atoms with Gasteiger partial charge in [0.1, 0.15) is 18.2 Å². The molecule has 2 aromatic rings. The number of quaternary nitrogens is 1. The Balaban J connectivity index is 1.67. The van der Waals surface area contributed by atoms with Crippen molar-refractivity contribution in [2.75, 3.05) is 26.0 Å². The van der Waals surface area contributed by atoms with Gasteiger partial charge in [-0.25, -0.2) is 4.79 Å². The number of nitrogens with zero attached hydrogens (tertiary/aromatic N) is 1. The number of ether oxygens (including phenoxy) is 1. The second-order valence-electron chi connectivity index (χ2n) is 7.90. The summed E-state index contributed by atoms with van der Waals surface area (Å²) in [6.07, 6.45) is 0.399. The number of carbonyl (C=O) groups excluding carboxylic acids is 1. The number of aliphatic hydroxyl groups is 1. The van der Waals surface area contributed by atoms with E-state index in [1.807, 2.05) is 61.5 Å². The van der Waals surface area contributed by atoms with Crippen molar-refractivity contribution in [1.82, 2.24) is 0 Å². The monoisotopic (exact) mass is 369 g/mol. The number of likely N-dealkylation sites (N-methyl/N-ethyl adjacent to an activating group) is 1. The molecular formula is C22H29N2O3+. The fraction of sp³-hybridized carbons (Fsp3) is 0.409. The minimum atomic E-state index is -0.445. The normalized spacial score (nSPS) is 22.7. The molecule has 27 heavy (non-hydrogen) atoms. The van der Waals surface area contributed by atoms with E-state index in [1.54, 1.807) is 0 Å². The maximum absolute atomic E-state index is 12.5. The van der Waals surface area contributed by atoms with E-state index in [9.17, 15) is 9.90 Å². The van der Waals surface area contributed by atoms with Gasteiger partial charge in [0.25, 0.3) is 0 Å². The predicted molar refractivity (Wildman–Crippen MR) is 107 cm³/mol. The molecule has 1 amide bonds. The van der Waals surface area contributed by atoms with E-state index >= 15 is 0 Å². The van der Waals surface area contributed by atoms with Gasteiger partial charge < -0.3 is 14.3 Å². The molecule has 5 heteroatoms. The molecule has 0 aliphatic carbocycles. The number of amides is 1. The number of hydrogen-bond donors (Lipinski definition) is 2. The molecular weight excluding hydrogens is 340 g/mol. The third kappa shape index (κ3) is 4.67. The van der Waals surface area contributed by atoms with Gasteiger partial charge in [-0.1, -0.05) is 48.5 Å². The molecule has 144 valence electrons. The lowest BCUT2D eigenvalue weighted by molar-refractivity contribution is -0.924. The molecule has 1 aliphatic rings. The van der Waals surface area contributed by atoms with E-state index in [2.05, 4.69) is 19.4 Å². The van der Waals surface area contributed by atoms with Gasteiger partial charge in [-0.05, 0) is 18.6 Å². The molecule has 0 unspecified atom stereocenters. The molecule has 5 nitrogen and oxygen atoms in total. The van der Waals surface area contributed by atoms with E-state index in [0.717, 1.165) is 34.3 Å². The first kappa shape index (κ1) is 19.4. The van der Waals surface area contributed by atoms with Crippen molar-refractivity contribution < 1.29 is 19.1 Å². The first-order valence-electron chi connectivity index (χ1n) is 9.49. The number of piperidine rings is 1. The quantitative estimate of drug-likeness (QED) is 0.804. The van der Waals surface area contributed by atoms with E-state index in [1.165, 1.54) is 0 Å². The van der Waals surface area contributed by atoms with Gasteiger partial charge in [0, 0.05) is 18.4 Å². The molecule has 0 aromatic heterocycles. The Hall–Kier alpha value is -2.37. The molecule has 0 spiro atoms. The molecule has 0 bridgehead atoms. The van der Waals surface area contributed by atoms with Crippen LogP contribution in [0.5, 0.6) is 0 Å². The first-order chi connectivity index (χ1) is 12.9. The predicted octanol–water partition coefficient (Wildman–Crippen LogP) is 3.89. The fourth-order valence-corrected chi connectivity index (χ4v) is 3.96. The highest BCUT2D eigenvalue weighted by Gasteiger charge is 2.40. The minimum Gasteiger partial charge on any atom is -0.446 e. The lowest BCUT2D eigenvalue weighted by Crippen LogP contribution is -2.59. The zero-order valence-electron chi connectivity index (χ0n) is 16.3. The van der Waals surface area contributed by atoms with Gasteiger partial charge in [0.15, 0.2) is 0 Å². The van der Waals surface area contributed by atoms with Crippen LogP contribution in [0.25, 0.3) is 11.1 Å². The Morgan fingerprint density at radius 1 is 1.15 bits per heavy atom. The first-order valence-corrected chi connectivity index (χ1v) is 9.49. The summed E-state index contributed by atoms with van der Waals surface area (Å²) in [6.45, 7) is 2.68. The number of para-hydroxylation sites is 1. The largest absolute Gasteiger partial charge is 0.446 e. The SMILES string of the molecule is C[C@@H](O)[C@@H]1C[C@@H](OC(=O)Nc2ccccc2-c2ccccc2)CC[N+]1(C)C. The number of nitrogens with one attached hydrogen (secondary N) is 1. The number of rotatable bonds is 4. The van der Waals surface area contributed by atoms with Crippen molar-refractivity contribution in [1.29, 1.82) is 0 Å². The molecule has 1 saturated heterocycles. The Kier molecular flexibility index (Phi) is 5.82. The van der Waals surface area contributed by atoms with Crippen LogP contribution in [0, 0.1) is 0 Å². The summed E-state index contributed by atoms with van der Waals surface area (Å²) in [6, 6.07) is 17.7. The molecule has 1 heterocycles. The third-order valence-corrected chi connectivity index (χ3v) is 5.51. The van der Waals surface area contributed by atoms with Gasteiger partial charge in [0.05, 0.1) is 26.3 Å². The maximum Gasteiger partial charge on any atom is 0.411 e. The number of carbonyl (C=O) groups is 1. The molecule has 3 atom stereocenters. The second kappa shape index (κ2) is 8.11. The van der Waals surface area contributed by atoms with Crippen molar-refractivity contribution in [3.05, 3.63) is 54.6 Å². The Labute approximate surface area is 161 Å². The summed E-state index contributed by atoms with van der Waals surface area (Å²) in [7, 11) is 4.23. The standard InChI is InChI=1S/C22H28N2O3/c1-16(25)21-15-18(13-14-24(21,2)3)27-22(26)23-20-12-8-7-11-19(20)17-9-5-4-6-10-17/h4-12,16,18,21,25H,13-15H2,1-3H3/p+1/t16-,18+,21+/m1/s1. The van der Waals surface area contributed by atoms with Crippen LogP contribution in [0.15, 0.2) is 54.6 Å². The summed E-state index contributed by atoms with van der Waals surface area (Å²) in [5, 5.41) is 13.0. The van der Waals surface area contributed by atoms with Crippen LogP contribution in [0.1, 0.15) is 19.8 Å². The number of anilines is 1. The van der Waals surface area contributed by atoms with Crippen LogP contribution in [0.4, 0.5) is 10.5 Å². The van der Waals surface area contributed by atoms with Crippen molar-refractivity contribution in [3.63, 3.8) is 0 Å². The van der Waals surface area contributed by atoms with Crippen LogP contribution in [0.3, 0.4) is 0 Å². The summed E-state index contributed by atoms with van der Waals surface area (Å²) >= 11 is 0. The second-order valence-corrected chi connectivity index (χ2v) is 7.90. The third-order valence-electron chi connectivity index (χ3n) is 5.51. The fourth-order valence-electron chi connectivity index (χ4n) is 3.96. The van der Waals surface area contributed by atoms with E-state index in [-0.39, 0.29) is 12.1 Å². The zero-order valence-corrected chi connectivity index (χ0v) is 16.3. The van der Waals surface area contributed by atoms with E-state index < -0.39 is 12.2 Å². The van der Waals surface area contributed by atoms with Crippen molar-refractivity contribution in [2.24, 2.45) is 0 Å². The highest BCUT2D eigenvalue weighted by atomic mass is 16.6. The van der Waals surface area contributed by atoms with E-state index in [4.69, 9.17) is 4.74 Å². The lowest BCUT2D eigenvalue weighted by Gasteiger charge is -2.45. The summed E-state index contributed by atoms with van der Waals surface area (Å²) in [5.41, 5.74) is 2.73. The topological polar surface area (TPSA) is 58.6 Å². The summed E-state index contributed by atoms with van der Waals surface area (Å²) < 4.78 is 6.43. The smallest absolute Gasteiger partial charge is 0.411 e. The number of aliphatic hydroxyl groups excluding tert-OH is 1. The van der Waals surface area contributed by atoms with Crippen LogP contribution in [-0.2, 0) is 4.74 Å². The van der Waals surface area contributed by atoms with Crippen molar-refractivity contribution >= 4 is 11.8 Å². The average molecular weight is 369 g/mol. The van der Waals surface area contributed by atoms with Gasteiger partial charge in [-0.2, -0.15) is 0 Å². The van der Waals surface area contributed by atoms with Crippen LogP contribution >= 0.6 is 0 Å². The maximum atomic E-state index is 12.5. The minimum absolute atomic E-state index is 0.0631. The average Bonchev–Trinajstić information content (AvgIpc) is 2.64.